The van der Waals surface area contributed by atoms with Crippen LogP contribution < -0.4 is 0 Å². The molecule has 0 heteroatoms. The molecule has 0 aliphatic heterocycles. The maximum absolute atomic E-state index is 3.39. The second kappa shape index (κ2) is 11.6. The number of hydrogen-bond donors (Lipinski definition) is 0. The maximum Gasteiger partial charge on any atom is 0.0249 e. The highest BCUT2D eigenvalue weighted by atomic mass is 14.2. The number of allylic oxidation sites excluding steroid dienone is 2. The van der Waals surface area contributed by atoms with Crippen LogP contribution in [0.2, 0.25) is 0 Å². The number of hydrogen-bond acceptors (Lipinski definition) is 0. The molecule has 1 saturated carbocycles. The van der Waals surface area contributed by atoms with E-state index in [4.69, 9.17) is 0 Å². The summed E-state index contributed by atoms with van der Waals surface area (Å²) in [4.78, 5) is 0. The topological polar surface area (TPSA) is 0 Å². The lowest BCUT2D eigenvalue weighted by atomic mass is 9.81. The van der Waals surface area contributed by atoms with Gasteiger partial charge >= 0.3 is 0 Å². The molecule has 25 heavy (non-hydrogen) atoms. The van der Waals surface area contributed by atoms with Crippen molar-refractivity contribution in [2.45, 2.75) is 71.6 Å². The van der Waals surface area contributed by atoms with Crippen LogP contribution >= 0.6 is 0 Å². The van der Waals surface area contributed by atoms with Crippen LogP contribution in [0.25, 0.3) is 0 Å². The van der Waals surface area contributed by atoms with Gasteiger partial charge in [-0.05, 0) is 74.3 Å². The summed E-state index contributed by atoms with van der Waals surface area (Å²) in [6, 6.07) is 8.66. The minimum atomic E-state index is 0.598. The molecule has 0 bridgehead atoms. The summed E-state index contributed by atoms with van der Waals surface area (Å²) in [6.07, 6.45) is 15.4. The predicted molar refractivity (Wildman–Crippen MR) is 109 cm³/mol. The average molecular weight is 333 g/mol. The summed E-state index contributed by atoms with van der Waals surface area (Å²) < 4.78 is 0. The number of aryl methyl sites for hydroxylation is 1. The lowest BCUT2D eigenvalue weighted by Crippen LogP contribution is -2.12. The first kappa shape index (κ1) is 19.4. The Hall–Kier alpha value is -1.92. The Kier molecular flexibility index (Phi) is 9.01. The van der Waals surface area contributed by atoms with E-state index in [1.165, 1.54) is 63.4 Å². The van der Waals surface area contributed by atoms with Crippen LogP contribution in [0.1, 0.15) is 76.3 Å². The highest BCUT2D eigenvalue weighted by Gasteiger charge is 2.17. The van der Waals surface area contributed by atoms with Gasteiger partial charge in [-0.2, -0.15) is 0 Å². The fourth-order valence-electron chi connectivity index (χ4n) is 3.42. The van der Waals surface area contributed by atoms with Crippen molar-refractivity contribution in [2.24, 2.45) is 11.8 Å². The first-order valence-electron chi connectivity index (χ1n) is 10.1. The van der Waals surface area contributed by atoms with Gasteiger partial charge in [-0.25, -0.2) is 0 Å². The van der Waals surface area contributed by atoms with Gasteiger partial charge in [0.25, 0.3) is 0 Å². The van der Waals surface area contributed by atoms with Crippen LogP contribution in [0.4, 0.5) is 0 Å². The normalized spacial score (nSPS) is 19.8. The Morgan fingerprint density at radius 2 is 1.64 bits per heavy atom. The summed E-state index contributed by atoms with van der Waals surface area (Å²) in [7, 11) is 0. The van der Waals surface area contributed by atoms with Crippen LogP contribution in [0.5, 0.6) is 0 Å². The SMILES string of the molecule is CCCCCc1ccc(C#C/C=C/C#CC2CCC(CC)CC2)cc1. The zero-order chi connectivity index (χ0) is 17.7. The van der Waals surface area contributed by atoms with Crippen LogP contribution in [0, 0.1) is 35.5 Å². The first-order valence-corrected chi connectivity index (χ1v) is 10.1. The lowest BCUT2D eigenvalue weighted by molar-refractivity contribution is 0.309. The molecule has 0 atom stereocenters. The predicted octanol–water partition coefficient (Wildman–Crippen LogP) is 6.55. The highest BCUT2D eigenvalue weighted by molar-refractivity contribution is 5.39. The number of benzene rings is 1. The van der Waals surface area contributed by atoms with E-state index in [2.05, 4.69) is 61.8 Å². The fourth-order valence-corrected chi connectivity index (χ4v) is 3.42. The van der Waals surface area contributed by atoms with Crippen molar-refractivity contribution in [2.75, 3.05) is 0 Å². The van der Waals surface area contributed by atoms with Crippen molar-refractivity contribution < 1.29 is 0 Å². The number of unbranched alkanes of at least 4 members (excludes halogenated alkanes) is 2. The minimum absolute atomic E-state index is 0.598. The highest BCUT2D eigenvalue weighted by Crippen LogP contribution is 2.29. The summed E-state index contributed by atoms with van der Waals surface area (Å²) in [5.74, 6) is 14.4. The zero-order valence-corrected chi connectivity index (χ0v) is 16.0. The van der Waals surface area contributed by atoms with Gasteiger partial charge in [-0.3, -0.25) is 0 Å². The van der Waals surface area contributed by atoms with Crippen molar-refractivity contribution in [3.05, 3.63) is 47.5 Å². The van der Waals surface area contributed by atoms with E-state index in [-0.39, 0.29) is 0 Å². The van der Waals surface area contributed by atoms with E-state index in [1.807, 2.05) is 12.2 Å². The van der Waals surface area contributed by atoms with Crippen molar-refractivity contribution in [3.8, 4) is 23.7 Å². The van der Waals surface area contributed by atoms with E-state index in [0.717, 1.165) is 11.5 Å². The maximum atomic E-state index is 3.39. The van der Waals surface area contributed by atoms with Gasteiger partial charge in [-0.15, -0.1) is 0 Å². The van der Waals surface area contributed by atoms with Crippen LogP contribution in [-0.2, 0) is 6.42 Å². The molecule has 2 rings (SSSR count). The van der Waals surface area contributed by atoms with Crippen LogP contribution in [0.15, 0.2) is 36.4 Å². The Morgan fingerprint density at radius 1 is 0.920 bits per heavy atom. The van der Waals surface area contributed by atoms with E-state index < -0.39 is 0 Å². The summed E-state index contributed by atoms with van der Waals surface area (Å²) >= 11 is 0. The Balaban J connectivity index is 1.75. The Bertz CT molecular complexity index is 631. The molecule has 0 aromatic heterocycles. The second-order valence-electron chi connectivity index (χ2n) is 7.17. The molecule has 0 unspecified atom stereocenters. The number of rotatable bonds is 5. The monoisotopic (exact) mass is 332 g/mol. The third kappa shape index (κ3) is 7.67. The molecule has 0 radical (unpaired) electrons. The van der Waals surface area contributed by atoms with Gasteiger partial charge in [0.15, 0.2) is 0 Å². The molecule has 0 amide bonds. The van der Waals surface area contributed by atoms with E-state index in [9.17, 15) is 0 Å². The molecule has 0 saturated heterocycles. The van der Waals surface area contributed by atoms with Crippen molar-refractivity contribution in [1.29, 1.82) is 0 Å². The molecular weight excluding hydrogens is 300 g/mol. The lowest BCUT2D eigenvalue weighted by Gasteiger charge is -2.24. The van der Waals surface area contributed by atoms with Gasteiger partial charge in [0.2, 0.25) is 0 Å². The third-order valence-corrected chi connectivity index (χ3v) is 5.20. The largest absolute Gasteiger partial charge is 0.0951 e. The third-order valence-electron chi connectivity index (χ3n) is 5.20. The molecule has 132 valence electrons. The van der Waals surface area contributed by atoms with Gasteiger partial charge in [0, 0.05) is 11.5 Å². The van der Waals surface area contributed by atoms with Crippen LogP contribution in [-0.4, -0.2) is 0 Å². The molecule has 1 aromatic carbocycles. The summed E-state index contributed by atoms with van der Waals surface area (Å²) in [6.45, 7) is 4.55. The molecule has 0 spiro atoms. The average Bonchev–Trinajstić information content (AvgIpc) is 2.66. The quantitative estimate of drug-likeness (QED) is 0.424. The van der Waals surface area contributed by atoms with E-state index in [1.54, 1.807) is 0 Å². The van der Waals surface area contributed by atoms with E-state index in [0.29, 0.717) is 5.92 Å². The molecule has 0 N–H and O–H groups in total. The van der Waals surface area contributed by atoms with Gasteiger partial charge in [-0.1, -0.05) is 68.9 Å². The van der Waals surface area contributed by atoms with Crippen molar-refractivity contribution >= 4 is 0 Å². The Labute approximate surface area is 155 Å². The van der Waals surface area contributed by atoms with Gasteiger partial charge < -0.3 is 0 Å². The first-order chi connectivity index (χ1) is 12.3. The van der Waals surface area contributed by atoms with Crippen LogP contribution in [0.3, 0.4) is 0 Å². The van der Waals surface area contributed by atoms with Crippen molar-refractivity contribution in [1.82, 2.24) is 0 Å². The zero-order valence-electron chi connectivity index (χ0n) is 16.0. The smallest absolute Gasteiger partial charge is 0.0249 e. The van der Waals surface area contributed by atoms with Gasteiger partial charge in [0.1, 0.15) is 0 Å². The molecule has 1 aliphatic carbocycles. The molecule has 1 aliphatic rings. The molecule has 0 heterocycles. The molecular formula is C25H32. The van der Waals surface area contributed by atoms with Crippen molar-refractivity contribution in [3.63, 3.8) is 0 Å². The van der Waals surface area contributed by atoms with Gasteiger partial charge in [0.05, 0.1) is 0 Å². The minimum Gasteiger partial charge on any atom is -0.0951 e. The molecule has 1 fully saturated rings. The molecule has 1 aromatic rings. The van der Waals surface area contributed by atoms with E-state index >= 15 is 0 Å². The molecule has 0 nitrogen and oxygen atoms in total. The second-order valence-corrected chi connectivity index (χ2v) is 7.17. The summed E-state index contributed by atoms with van der Waals surface area (Å²) in [5, 5.41) is 0. The standard InChI is InChI=1S/C25H32/c1-3-5-8-11-23-18-20-25(21-19-23)13-10-7-6-9-12-24-16-14-22(4-2)15-17-24/h6-7,18-22,24H,3-5,8,11,14-17H2,1-2H3/b7-6+. The fraction of sp³-hybridized carbons (Fsp3) is 0.520. The Morgan fingerprint density at radius 3 is 2.32 bits per heavy atom. The summed E-state index contributed by atoms with van der Waals surface area (Å²) in [5.41, 5.74) is 2.49.